The third-order valence-electron chi connectivity index (χ3n) is 2.75. The largest absolute Gasteiger partial charge is 0.493 e. The molecule has 1 N–H and O–H groups in total. The van der Waals surface area contributed by atoms with E-state index in [0.717, 1.165) is 17.7 Å². The van der Waals surface area contributed by atoms with E-state index >= 15 is 0 Å². The Morgan fingerprint density at radius 1 is 1.16 bits per heavy atom. The standard InChI is InChI=1S/C15H17NO3/c1-18-15-10-12(11-17)5-6-14(15)19-9-7-13-4-2-3-8-16-13/h2-6,8,10,17H,7,9,11H2,1H3. The SMILES string of the molecule is COc1cc(CO)ccc1OCCc1ccccn1. The molecule has 0 aliphatic rings. The van der Waals surface area contributed by atoms with E-state index in [1.807, 2.05) is 30.3 Å². The van der Waals surface area contributed by atoms with Gasteiger partial charge in [0.15, 0.2) is 11.5 Å². The van der Waals surface area contributed by atoms with Crippen molar-refractivity contribution in [2.24, 2.45) is 0 Å². The van der Waals surface area contributed by atoms with Gasteiger partial charge in [-0.05, 0) is 29.8 Å². The van der Waals surface area contributed by atoms with Gasteiger partial charge in [-0.1, -0.05) is 12.1 Å². The molecule has 1 aromatic carbocycles. The van der Waals surface area contributed by atoms with Crippen LogP contribution >= 0.6 is 0 Å². The molecule has 1 heterocycles. The molecule has 0 spiro atoms. The lowest BCUT2D eigenvalue weighted by molar-refractivity contribution is 0.277. The molecule has 0 unspecified atom stereocenters. The van der Waals surface area contributed by atoms with Gasteiger partial charge in [-0.3, -0.25) is 4.98 Å². The van der Waals surface area contributed by atoms with E-state index in [4.69, 9.17) is 14.6 Å². The Labute approximate surface area is 112 Å². The zero-order chi connectivity index (χ0) is 13.5. The number of rotatable bonds is 6. The molecule has 0 amide bonds. The Morgan fingerprint density at radius 3 is 2.74 bits per heavy atom. The van der Waals surface area contributed by atoms with E-state index < -0.39 is 0 Å². The van der Waals surface area contributed by atoms with Crippen LogP contribution in [0.25, 0.3) is 0 Å². The van der Waals surface area contributed by atoms with E-state index in [2.05, 4.69) is 4.98 Å². The summed E-state index contributed by atoms with van der Waals surface area (Å²) in [7, 11) is 1.59. The maximum atomic E-state index is 9.07. The molecule has 100 valence electrons. The van der Waals surface area contributed by atoms with Crippen LogP contribution in [0.1, 0.15) is 11.3 Å². The second-order valence-corrected chi connectivity index (χ2v) is 4.06. The minimum atomic E-state index is -0.00935. The number of methoxy groups -OCH3 is 1. The van der Waals surface area contributed by atoms with E-state index in [0.29, 0.717) is 18.1 Å². The summed E-state index contributed by atoms with van der Waals surface area (Å²) >= 11 is 0. The molecular weight excluding hydrogens is 242 g/mol. The first-order chi connectivity index (χ1) is 9.33. The zero-order valence-electron chi connectivity index (χ0n) is 10.9. The van der Waals surface area contributed by atoms with Gasteiger partial charge in [-0.25, -0.2) is 0 Å². The van der Waals surface area contributed by atoms with Gasteiger partial charge in [0, 0.05) is 18.3 Å². The summed E-state index contributed by atoms with van der Waals surface area (Å²) in [5.74, 6) is 1.31. The molecule has 0 fully saturated rings. The number of pyridine rings is 1. The first-order valence-electron chi connectivity index (χ1n) is 6.14. The maximum absolute atomic E-state index is 9.07. The number of benzene rings is 1. The van der Waals surface area contributed by atoms with Crippen LogP contribution in [0.2, 0.25) is 0 Å². The van der Waals surface area contributed by atoms with Crippen LogP contribution in [-0.2, 0) is 13.0 Å². The van der Waals surface area contributed by atoms with Gasteiger partial charge in [0.1, 0.15) is 0 Å². The second kappa shape index (κ2) is 6.75. The van der Waals surface area contributed by atoms with Crippen molar-refractivity contribution in [3.05, 3.63) is 53.9 Å². The van der Waals surface area contributed by atoms with Crippen molar-refractivity contribution >= 4 is 0 Å². The molecule has 0 saturated heterocycles. The van der Waals surface area contributed by atoms with Crippen molar-refractivity contribution in [3.8, 4) is 11.5 Å². The summed E-state index contributed by atoms with van der Waals surface area (Å²) in [5, 5.41) is 9.07. The van der Waals surface area contributed by atoms with Crippen LogP contribution in [0.5, 0.6) is 11.5 Å². The first-order valence-corrected chi connectivity index (χ1v) is 6.14. The molecular formula is C15H17NO3. The highest BCUT2D eigenvalue weighted by atomic mass is 16.5. The third kappa shape index (κ3) is 3.69. The molecule has 0 aliphatic carbocycles. The lowest BCUT2D eigenvalue weighted by Crippen LogP contribution is -2.04. The smallest absolute Gasteiger partial charge is 0.161 e. The van der Waals surface area contributed by atoms with Gasteiger partial charge in [0.05, 0.1) is 20.3 Å². The molecule has 4 nitrogen and oxygen atoms in total. The number of nitrogens with zero attached hydrogens (tertiary/aromatic N) is 1. The van der Waals surface area contributed by atoms with Gasteiger partial charge < -0.3 is 14.6 Å². The van der Waals surface area contributed by atoms with Crippen LogP contribution in [-0.4, -0.2) is 23.8 Å². The summed E-state index contributed by atoms with van der Waals surface area (Å²) in [6.07, 6.45) is 2.51. The number of aliphatic hydroxyl groups is 1. The van der Waals surface area contributed by atoms with Crippen LogP contribution in [0.3, 0.4) is 0 Å². The van der Waals surface area contributed by atoms with E-state index in [1.165, 1.54) is 0 Å². The summed E-state index contributed by atoms with van der Waals surface area (Å²) in [6, 6.07) is 11.2. The Bertz CT molecular complexity index is 514. The van der Waals surface area contributed by atoms with Gasteiger partial charge >= 0.3 is 0 Å². The summed E-state index contributed by atoms with van der Waals surface area (Å²) < 4.78 is 10.9. The third-order valence-corrected chi connectivity index (χ3v) is 2.75. The molecule has 2 aromatic rings. The van der Waals surface area contributed by atoms with Crippen molar-refractivity contribution in [1.29, 1.82) is 0 Å². The first kappa shape index (κ1) is 13.4. The Kier molecular flexibility index (Phi) is 4.75. The minimum absolute atomic E-state index is 0.00935. The zero-order valence-corrected chi connectivity index (χ0v) is 10.9. The van der Waals surface area contributed by atoms with E-state index in [1.54, 1.807) is 19.4 Å². The fraction of sp³-hybridized carbons (Fsp3) is 0.267. The summed E-state index contributed by atoms with van der Waals surface area (Å²) in [4.78, 5) is 4.24. The molecule has 4 heteroatoms. The average Bonchev–Trinajstić information content (AvgIpc) is 2.48. The van der Waals surface area contributed by atoms with Crippen molar-refractivity contribution in [1.82, 2.24) is 4.98 Å². The summed E-state index contributed by atoms with van der Waals surface area (Å²) in [5.41, 5.74) is 1.79. The Hall–Kier alpha value is -2.07. The highest BCUT2D eigenvalue weighted by Gasteiger charge is 2.05. The fourth-order valence-corrected chi connectivity index (χ4v) is 1.74. The van der Waals surface area contributed by atoms with Gasteiger partial charge in [-0.15, -0.1) is 0 Å². The molecule has 19 heavy (non-hydrogen) atoms. The predicted octanol–water partition coefficient (Wildman–Crippen LogP) is 2.20. The van der Waals surface area contributed by atoms with Crippen molar-refractivity contribution in [2.45, 2.75) is 13.0 Å². The van der Waals surface area contributed by atoms with E-state index in [9.17, 15) is 0 Å². The van der Waals surface area contributed by atoms with Crippen molar-refractivity contribution in [3.63, 3.8) is 0 Å². The van der Waals surface area contributed by atoms with E-state index in [-0.39, 0.29) is 6.61 Å². The second-order valence-electron chi connectivity index (χ2n) is 4.06. The molecule has 2 rings (SSSR count). The van der Waals surface area contributed by atoms with Gasteiger partial charge in [0.2, 0.25) is 0 Å². The molecule has 1 aromatic heterocycles. The maximum Gasteiger partial charge on any atom is 0.161 e. The minimum Gasteiger partial charge on any atom is -0.493 e. The Balaban J connectivity index is 1.96. The number of aliphatic hydroxyl groups excluding tert-OH is 1. The molecule has 0 bridgehead atoms. The van der Waals surface area contributed by atoms with Crippen molar-refractivity contribution in [2.75, 3.05) is 13.7 Å². The van der Waals surface area contributed by atoms with Crippen LogP contribution in [0.15, 0.2) is 42.6 Å². The van der Waals surface area contributed by atoms with Gasteiger partial charge in [-0.2, -0.15) is 0 Å². The predicted molar refractivity (Wildman–Crippen MR) is 72.4 cm³/mol. The molecule has 0 saturated carbocycles. The summed E-state index contributed by atoms with van der Waals surface area (Å²) in [6.45, 7) is 0.524. The average molecular weight is 259 g/mol. The normalized spacial score (nSPS) is 10.2. The number of hydrogen-bond donors (Lipinski definition) is 1. The lowest BCUT2D eigenvalue weighted by Gasteiger charge is -2.11. The number of aromatic nitrogens is 1. The van der Waals surface area contributed by atoms with Crippen LogP contribution < -0.4 is 9.47 Å². The molecule has 0 aliphatic heterocycles. The van der Waals surface area contributed by atoms with Crippen molar-refractivity contribution < 1.29 is 14.6 Å². The highest BCUT2D eigenvalue weighted by Crippen LogP contribution is 2.28. The number of hydrogen-bond acceptors (Lipinski definition) is 4. The lowest BCUT2D eigenvalue weighted by atomic mass is 10.2. The van der Waals surface area contributed by atoms with Crippen LogP contribution in [0, 0.1) is 0 Å². The quantitative estimate of drug-likeness (QED) is 0.864. The number of ether oxygens (including phenoxy) is 2. The molecule has 0 radical (unpaired) electrons. The van der Waals surface area contributed by atoms with Gasteiger partial charge in [0.25, 0.3) is 0 Å². The molecule has 0 atom stereocenters. The fourth-order valence-electron chi connectivity index (χ4n) is 1.74. The highest BCUT2D eigenvalue weighted by molar-refractivity contribution is 5.42. The Morgan fingerprint density at radius 2 is 2.05 bits per heavy atom. The topological polar surface area (TPSA) is 51.6 Å². The van der Waals surface area contributed by atoms with Crippen LogP contribution in [0.4, 0.5) is 0 Å². The monoisotopic (exact) mass is 259 g/mol.